The molecule has 1 saturated carbocycles. The van der Waals surface area contributed by atoms with Crippen LogP contribution >= 0.6 is 0 Å². The molecular weight excluding hydrogens is 408 g/mol. The number of aromatic nitrogens is 3. The Morgan fingerprint density at radius 1 is 1.35 bits per heavy atom. The summed E-state index contributed by atoms with van der Waals surface area (Å²) in [5.74, 6) is -3.59. The molecule has 1 amide bonds. The smallest absolute Gasteiger partial charge is 0.321 e. The molecule has 2 aromatic heterocycles. The fourth-order valence-corrected chi connectivity index (χ4v) is 4.67. The maximum atomic E-state index is 13.5. The predicted molar refractivity (Wildman–Crippen MR) is 107 cm³/mol. The van der Waals surface area contributed by atoms with Crippen LogP contribution in [-0.2, 0) is 20.7 Å². The van der Waals surface area contributed by atoms with E-state index in [0.29, 0.717) is 49.3 Å². The molecule has 2 fully saturated rings. The van der Waals surface area contributed by atoms with Crippen LogP contribution in [0.4, 0.5) is 8.78 Å². The second-order valence-electron chi connectivity index (χ2n) is 8.62. The summed E-state index contributed by atoms with van der Waals surface area (Å²) in [6.07, 6.45) is 3.28. The van der Waals surface area contributed by atoms with Crippen LogP contribution in [0.2, 0.25) is 0 Å². The number of nitrogens with two attached hydrogens (primary N) is 1. The van der Waals surface area contributed by atoms with E-state index in [9.17, 15) is 18.4 Å². The molecule has 0 spiro atoms. The number of halogens is 2. The van der Waals surface area contributed by atoms with Crippen LogP contribution in [-0.4, -0.2) is 46.1 Å². The van der Waals surface area contributed by atoms with Crippen LogP contribution in [0.3, 0.4) is 0 Å². The number of nitrogens with zero attached hydrogens (tertiary/aromatic N) is 3. The number of fused-ring (bicyclic) bond motifs is 1. The molecule has 1 aliphatic carbocycles. The van der Waals surface area contributed by atoms with Gasteiger partial charge in [-0.1, -0.05) is 0 Å². The molecule has 0 radical (unpaired) electrons. The predicted octanol–water partition coefficient (Wildman–Crippen LogP) is 2.17. The number of amides is 1. The van der Waals surface area contributed by atoms with E-state index in [4.69, 9.17) is 10.5 Å². The maximum Gasteiger partial charge on any atom is 0.321 e. The van der Waals surface area contributed by atoms with E-state index in [1.54, 1.807) is 22.8 Å². The lowest BCUT2D eigenvalue weighted by atomic mass is 9.76. The van der Waals surface area contributed by atoms with Gasteiger partial charge in [0.25, 0.3) is 0 Å². The van der Waals surface area contributed by atoms with Crippen molar-refractivity contribution in [3.05, 3.63) is 29.7 Å². The number of imidazole rings is 1. The Morgan fingerprint density at radius 3 is 2.77 bits per heavy atom. The largest absolute Gasteiger partial charge is 0.468 e. The van der Waals surface area contributed by atoms with Gasteiger partial charge in [0.05, 0.1) is 30.7 Å². The standard InChI is InChI=1S/C21H27F2N5O3/c1-31-19(30)20(7-2-10-25-18(20)29)11-14-3-4-16-26-15(12-28(16)27-14)17(24)13-5-8-21(22,23)9-6-13/h3-4,12-13,17H,2,5-11,24H2,1H3,(H,25,29)/t17-,20?/m0/s1. The fraction of sp³-hybridized carbons (Fsp3) is 0.619. The number of carbonyl (C=O) groups excluding carboxylic acids is 2. The van der Waals surface area contributed by atoms with Crippen molar-refractivity contribution in [1.82, 2.24) is 19.9 Å². The molecule has 1 saturated heterocycles. The summed E-state index contributed by atoms with van der Waals surface area (Å²) in [6, 6.07) is 3.02. The second kappa shape index (κ2) is 8.14. The SMILES string of the molecule is COC(=O)C1(Cc2ccc3nc([C@@H](N)C4CCC(F)(F)CC4)cn3n2)CCCNC1=O. The van der Waals surface area contributed by atoms with Crippen LogP contribution in [0.1, 0.15) is 56.0 Å². The summed E-state index contributed by atoms with van der Waals surface area (Å²) >= 11 is 0. The van der Waals surface area contributed by atoms with Crippen LogP contribution < -0.4 is 11.1 Å². The molecule has 2 atom stereocenters. The van der Waals surface area contributed by atoms with Gasteiger partial charge in [0, 0.05) is 25.8 Å². The van der Waals surface area contributed by atoms with E-state index in [1.807, 2.05) is 0 Å². The van der Waals surface area contributed by atoms with Crippen LogP contribution in [0.25, 0.3) is 5.65 Å². The van der Waals surface area contributed by atoms with Crippen molar-refractivity contribution in [2.24, 2.45) is 17.1 Å². The summed E-state index contributed by atoms with van der Waals surface area (Å²) in [5.41, 5.74) is 6.75. The molecule has 2 aromatic rings. The number of esters is 1. The first-order valence-corrected chi connectivity index (χ1v) is 10.6. The first-order chi connectivity index (χ1) is 14.7. The Hall–Kier alpha value is -2.62. The monoisotopic (exact) mass is 435 g/mol. The average molecular weight is 435 g/mol. The summed E-state index contributed by atoms with van der Waals surface area (Å²) in [4.78, 5) is 29.6. The third-order valence-electron chi connectivity index (χ3n) is 6.56. The van der Waals surface area contributed by atoms with Crippen LogP contribution in [0.15, 0.2) is 18.3 Å². The number of hydrogen-bond acceptors (Lipinski definition) is 6. The van der Waals surface area contributed by atoms with Crippen LogP contribution in [0, 0.1) is 11.3 Å². The highest BCUT2D eigenvalue weighted by atomic mass is 19.3. The highest BCUT2D eigenvalue weighted by Gasteiger charge is 2.48. The normalized spacial score (nSPS) is 25.2. The number of ether oxygens (including phenoxy) is 1. The third-order valence-corrected chi connectivity index (χ3v) is 6.56. The van der Waals surface area contributed by atoms with E-state index in [0.717, 1.165) is 0 Å². The number of piperidine rings is 1. The number of alkyl halides is 2. The van der Waals surface area contributed by atoms with Gasteiger partial charge >= 0.3 is 5.97 Å². The molecule has 31 heavy (non-hydrogen) atoms. The quantitative estimate of drug-likeness (QED) is 0.550. The molecule has 3 heterocycles. The van der Waals surface area contributed by atoms with Crippen molar-refractivity contribution in [3.8, 4) is 0 Å². The van der Waals surface area contributed by atoms with E-state index in [-0.39, 0.29) is 31.1 Å². The highest BCUT2D eigenvalue weighted by molar-refractivity contribution is 6.03. The molecule has 1 aliphatic heterocycles. The molecule has 1 unspecified atom stereocenters. The molecule has 0 aromatic carbocycles. The van der Waals surface area contributed by atoms with E-state index in [2.05, 4.69) is 15.4 Å². The van der Waals surface area contributed by atoms with Gasteiger partial charge in [-0.15, -0.1) is 0 Å². The summed E-state index contributed by atoms with van der Waals surface area (Å²) < 4.78 is 33.4. The van der Waals surface area contributed by atoms with Gasteiger partial charge < -0.3 is 15.8 Å². The molecule has 10 heteroatoms. The lowest BCUT2D eigenvalue weighted by Gasteiger charge is -2.33. The van der Waals surface area contributed by atoms with E-state index >= 15 is 0 Å². The lowest BCUT2D eigenvalue weighted by Crippen LogP contribution is -2.52. The molecule has 0 bridgehead atoms. The van der Waals surface area contributed by atoms with Gasteiger partial charge in [0.2, 0.25) is 11.8 Å². The van der Waals surface area contributed by atoms with Crippen molar-refractivity contribution >= 4 is 17.5 Å². The Balaban J connectivity index is 1.56. The first kappa shape index (κ1) is 21.6. The second-order valence-corrected chi connectivity index (χ2v) is 8.62. The van der Waals surface area contributed by atoms with Gasteiger partial charge in [0.15, 0.2) is 11.1 Å². The van der Waals surface area contributed by atoms with Gasteiger partial charge in [-0.3, -0.25) is 9.59 Å². The van der Waals surface area contributed by atoms with Crippen molar-refractivity contribution in [2.45, 2.75) is 56.9 Å². The summed E-state index contributed by atoms with van der Waals surface area (Å²) in [6.45, 7) is 0.528. The lowest BCUT2D eigenvalue weighted by molar-refractivity contribution is -0.161. The van der Waals surface area contributed by atoms with E-state index < -0.39 is 23.3 Å². The number of carbonyl (C=O) groups is 2. The van der Waals surface area contributed by atoms with Gasteiger partial charge in [-0.05, 0) is 43.7 Å². The minimum atomic E-state index is -2.60. The fourth-order valence-electron chi connectivity index (χ4n) is 4.67. The summed E-state index contributed by atoms with van der Waals surface area (Å²) in [5, 5.41) is 7.28. The Bertz CT molecular complexity index is 975. The van der Waals surface area contributed by atoms with Gasteiger partial charge in [0.1, 0.15) is 0 Å². The molecule has 2 aliphatic rings. The third kappa shape index (κ3) is 4.13. The number of hydrogen-bond donors (Lipinski definition) is 2. The topological polar surface area (TPSA) is 112 Å². The van der Waals surface area contributed by atoms with Crippen molar-refractivity contribution in [2.75, 3.05) is 13.7 Å². The minimum Gasteiger partial charge on any atom is -0.468 e. The molecule has 8 nitrogen and oxygen atoms in total. The average Bonchev–Trinajstić information content (AvgIpc) is 3.18. The van der Waals surface area contributed by atoms with Crippen molar-refractivity contribution in [3.63, 3.8) is 0 Å². The first-order valence-electron chi connectivity index (χ1n) is 10.6. The maximum absolute atomic E-state index is 13.5. The van der Waals surface area contributed by atoms with Crippen molar-refractivity contribution in [1.29, 1.82) is 0 Å². The Labute approximate surface area is 178 Å². The van der Waals surface area contributed by atoms with Crippen LogP contribution in [0.5, 0.6) is 0 Å². The zero-order valence-electron chi connectivity index (χ0n) is 17.4. The molecular formula is C21H27F2N5O3. The number of nitrogens with one attached hydrogen (secondary N) is 1. The summed E-state index contributed by atoms with van der Waals surface area (Å²) in [7, 11) is 1.27. The molecule has 3 N–H and O–H groups in total. The molecule has 4 rings (SSSR count). The number of rotatable bonds is 5. The Morgan fingerprint density at radius 2 is 2.10 bits per heavy atom. The van der Waals surface area contributed by atoms with Crippen molar-refractivity contribution < 1.29 is 23.1 Å². The zero-order chi connectivity index (χ0) is 22.2. The van der Waals surface area contributed by atoms with E-state index in [1.165, 1.54) is 7.11 Å². The van der Waals surface area contributed by atoms with Gasteiger partial charge in [-0.25, -0.2) is 18.3 Å². The minimum absolute atomic E-state index is 0.0578. The number of methoxy groups -OCH3 is 1. The highest BCUT2D eigenvalue weighted by Crippen LogP contribution is 2.40. The molecule has 168 valence electrons. The Kier molecular flexibility index (Phi) is 5.67. The zero-order valence-corrected chi connectivity index (χ0v) is 17.4. The van der Waals surface area contributed by atoms with Gasteiger partial charge in [-0.2, -0.15) is 5.10 Å².